The molecule has 0 aliphatic carbocycles. The number of aromatic nitrogens is 4. The number of hydrogen-bond donors (Lipinski definition) is 1. The predicted octanol–water partition coefficient (Wildman–Crippen LogP) is 4.74. The first kappa shape index (κ1) is 21.1. The molecule has 7 nitrogen and oxygen atoms in total. The zero-order valence-corrected chi connectivity index (χ0v) is 18.0. The van der Waals surface area contributed by atoms with Gasteiger partial charge in [-0.1, -0.05) is 11.6 Å². The summed E-state index contributed by atoms with van der Waals surface area (Å²) < 4.78 is 20.1. The quantitative estimate of drug-likeness (QED) is 0.319. The third kappa shape index (κ3) is 4.78. The molecule has 2 aromatic heterocycles. The lowest BCUT2D eigenvalue weighted by Gasteiger charge is -2.10. The highest BCUT2D eigenvalue weighted by Crippen LogP contribution is 2.29. The Kier molecular flexibility index (Phi) is 6.34. The van der Waals surface area contributed by atoms with E-state index in [4.69, 9.17) is 16.3 Å². The maximum absolute atomic E-state index is 13.2. The number of methoxy groups -OCH3 is 1. The number of thioether (sulfide) groups is 1. The summed E-state index contributed by atoms with van der Waals surface area (Å²) in [6.45, 7) is 0. The summed E-state index contributed by atoms with van der Waals surface area (Å²) >= 11 is 7.43. The number of fused-ring (bicyclic) bond motifs is 1. The standard InChI is InChI=1S/C21H17ClFN5O2S/c1-30-18-7-2-13(22)10-17(18)27-19(29)8-9-31-21-16-11-26-28(20(16)24-12-25-21)15-5-3-14(23)4-6-15/h2-7,10-12H,8-9H2,1H3,(H,27,29). The summed E-state index contributed by atoms with van der Waals surface area (Å²) in [4.78, 5) is 21.0. The Morgan fingerprint density at radius 2 is 2.03 bits per heavy atom. The molecule has 0 aliphatic heterocycles. The van der Waals surface area contributed by atoms with E-state index in [0.717, 1.165) is 5.39 Å². The lowest BCUT2D eigenvalue weighted by Crippen LogP contribution is -2.13. The molecule has 0 saturated heterocycles. The van der Waals surface area contributed by atoms with Crippen LogP contribution in [-0.4, -0.2) is 38.5 Å². The van der Waals surface area contributed by atoms with Gasteiger partial charge < -0.3 is 10.1 Å². The summed E-state index contributed by atoms with van der Waals surface area (Å²) in [5, 5.41) is 9.15. The summed E-state index contributed by atoms with van der Waals surface area (Å²) in [7, 11) is 1.53. The second-order valence-corrected chi connectivity index (χ2v) is 7.96. The molecule has 0 aliphatic rings. The average molecular weight is 458 g/mol. The number of halogens is 2. The van der Waals surface area contributed by atoms with Gasteiger partial charge in [-0.3, -0.25) is 4.79 Å². The van der Waals surface area contributed by atoms with Gasteiger partial charge in [0.2, 0.25) is 5.91 Å². The van der Waals surface area contributed by atoms with Crippen molar-refractivity contribution in [2.45, 2.75) is 11.4 Å². The molecule has 4 rings (SSSR count). The summed E-state index contributed by atoms with van der Waals surface area (Å²) in [6, 6.07) is 11.0. The smallest absolute Gasteiger partial charge is 0.225 e. The van der Waals surface area contributed by atoms with E-state index in [9.17, 15) is 9.18 Å². The molecule has 0 spiro atoms. The molecular weight excluding hydrogens is 441 g/mol. The van der Waals surface area contributed by atoms with Crippen molar-refractivity contribution in [1.82, 2.24) is 19.7 Å². The monoisotopic (exact) mass is 457 g/mol. The summed E-state index contributed by atoms with van der Waals surface area (Å²) in [6.07, 6.45) is 3.37. The van der Waals surface area contributed by atoms with E-state index in [1.165, 1.54) is 37.3 Å². The fraction of sp³-hybridized carbons (Fsp3) is 0.143. The summed E-state index contributed by atoms with van der Waals surface area (Å²) in [5.41, 5.74) is 1.83. The van der Waals surface area contributed by atoms with Crippen LogP contribution in [0.25, 0.3) is 16.7 Å². The van der Waals surface area contributed by atoms with E-state index in [1.807, 2.05) is 0 Å². The first-order valence-corrected chi connectivity index (χ1v) is 10.6. The Morgan fingerprint density at radius 1 is 1.23 bits per heavy atom. The zero-order chi connectivity index (χ0) is 21.8. The fourth-order valence-electron chi connectivity index (χ4n) is 2.94. The number of ether oxygens (including phenoxy) is 1. The first-order chi connectivity index (χ1) is 15.0. The van der Waals surface area contributed by atoms with Crippen molar-refractivity contribution in [3.8, 4) is 11.4 Å². The fourth-order valence-corrected chi connectivity index (χ4v) is 4.01. The Morgan fingerprint density at radius 3 is 2.81 bits per heavy atom. The lowest BCUT2D eigenvalue weighted by molar-refractivity contribution is -0.115. The van der Waals surface area contributed by atoms with Crippen molar-refractivity contribution in [3.63, 3.8) is 0 Å². The van der Waals surface area contributed by atoms with Gasteiger partial charge in [0.05, 0.1) is 30.1 Å². The molecule has 1 amide bonds. The van der Waals surface area contributed by atoms with Crippen LogP contribution in [0.4, 0.5) is 10.1 Å². The van der Waals surface area contributed by atoms with Crippen LogP contribution in [0.15, 0.2) is 60.0 Å². The van der Waals surface area contributed by atoms with E-state index in [0.29, 0.717) is 38.6 Å². The molecule has 31 heavy (non-hydrogen) atoms. The van der Waals surface area contributed by atoms with Gasteiger partial charge in [-0.05, 0) is 42.5 Å². The minimum Gasteiger partial charge on any atom is -0.495 e. The van der Waals surface area contributed by atoms with Crippen LogP contribution in [0.1, 0.15) is 6.42 Å². The minimum absolute atomic E-state index is 0.166. The number of hydrogen-bond acceptors (Lipinski definition) is 6. The number of carbonyl (C=O) groups is 1. The lowest BCUT2D eigenvalue weighted by atomic mass is 10.3. The number of nitrogens with zero attached hydrogens (tertiary/aromatic N) is 4. The Bertz CT molecular complexity index is 1230. The SMILES string of the molecule is COc1ccc(Cl)cc1NC(=O)CCSc1ncnc2c1cnn2-c1ccc(F)cc1. The molecular formula is C21H17ClFN5O2S. The maximum atomic E-state index is 13.2. The molecule has 10 heteroatoms. The molecule has 0 saturated carbocycles. The number of rotatable bonds is 7. The number of benzene rings is 2. The molecule has 0 unspecified atom stereocenters. The molecule has 0 bridgehead atoms. The van der Waals surface area contributed by atoms with Crippen molar-refractivity contribution >= 4 is 46.0 Å². The van der Waals surface area contributed by atoms with Gasteiger partial charge in [0, 0.05) is 17.2 Å². The van der Waals surface area contributed by atoms with Crippen LogP contribution < -0.4 is 10.1 Å². The van der Waals surface area contributed by atoms with E-state index >= 15 is 0 Å². The minimum atomic E-state index is -0.320. The van der Waals surface area contributed by atoms with E-state index in [2.05, 4.69) is 20.4 Å². The number of amides is 1. The largest absolute Gasteiger partial charge is 0.495 e. The van der Waals surface area contributed by atoms with Gasteiger partial charge >= 0.3 is 0 Å². The maximum Gasteiger partial charge on any atom is 0.225 e. The second-order valence-electron chi connectivity index (χ2n) is 6.44. The molecule has 0 radical (unpaired) electrons. The van der Waals surface area contributed by atoms with Gasteiger partial charge in [-0.15, -0.1) is 11.8 Å². The third-order valence-electron chi connectivity index (χ3n) is 4.40. The number of nitrogens with one attached hydrogen (secondary N) is 1. The van der Waals surface area contributed by atoms with Gasteiger partial charge in [-0.2, -0.15) is 5.10 Å². The normalized spacial score (nSPS) is 10.9. The highest BCUT2D eigenvalue weighted by atomic mass is 35.5. The zero-order valence-electron chi connectivity index (χ0n) is 16.4. The van der Waals surface area contributed by atoms with Crippen LogP contribution in [0.3, 0.4) is 0 Å². The van der Waals surface area contributed by atoms with E-state index < -0.39 is 0 Å². The van der Waals surface area contributed by atoms with Crippen LogP contribution >= 0.6 is 23.4 Å². The Balaban J connectivity index is 1.43. The Labute approximate surface area is 186 Å². The van der Waals surface area contributed by atoms with Crippen LogP contribution in [-0.2, 0) is 4.79 Å². The topological polar surface area (TPSA) is 81.9 Å². The van der Waals surface area contributed by atoms with Crippen LogP contribution in [0, 0.1) is 5.82 Å². The molecule has 2 aromatic carbocycles. The number of carbonyl (C=O) groups excluding carboxylic acids is 1. The van der Waals surface area contributed by atoms with Gasteiger partial charge in [-0.25, -0.2) is 19.0 Å². The molecule has 2 heterocycles. The Hall–Kier alpha value is -3.17. The van der Waals surface area contributed by atoms with Crippen molar-refractivity contribution in [2.75, 3.05) is 18.2 Å². The van der Waals surface area contributed by atoms with Crippen molar-refractivity contribution in [2.24, 2.45) is 0 Å². The third-order valence-corrected chi connectivity index (χ3v) is 5.65. The van der Waals surface area contributed by atoms with E-state index in [1.54, 1.807) is 41.2 Å². The van der Waals surface area contributed by atoms with Gasteiger partial charge in [0.15, 0.2) is 5.65 Å². The van der Waals surface area contributed by atoms with Crippen LogP contribution in [0.2, 0.25) is 5.02 Å². The van der Waals surface area contributed by atoms with E-state index in [-0.39, 0.29) is 18.1 Å². The highest BCUT2D eigenvalue weighted by Gasteiger charge is 2.13. The molecule has 4 aromatic rings. The van der Waals surface area contributed by atoms with Crippen molar-refractivity contribution in [1.29, 1.82) is 0 Å². The van der Waals surface area contributed by atoms with Crippen molar-refractivity contribution in [3.05, 3.63) is 65.8 Å². The number of anilines is 1. The molecule has 1 N–H and O–H groups in total. The average Bonchev–Trinajstić information content (AvgIpc) is 3.19. The second kappa shape index (κ2) is 9.32. The highest BCUT2D eigenvalue weighted by molar-refractivity contribution is 7.99. The molecule has 0 fully saturated rings. The van der Waals surface area contributed by atoms with Crippen LogP contribution in [0.5, 0.6) is 5.75 Å². The predicted molar refractivity (Wildman–Crippen MR) is 119 cm³/mol. The molecule has 158 valence electrons. The first-order valence-electron chi connectivity index (χ1n) is 9.26. The van der Waals surface area contributed by atoms with Gasteiger partial charge in [0.25, 0.3) is 0 Å². The van der Waals surface area contributed by atoms with Gasteiger partial charge in [0.1, 0.15) is 22.9 Å². The molecule has 0 atom stereocenters. The summed E-state index contributed by atoms with van der Waals surface area (Å²) in [5.74, 6) is 0.555. The van der Waals surface area contributed by atoms with Crippen molar-refractivity contribution < 1.29 is 13.9 Å².